The van der Waals surface area contributed by atoms with Crippen molar-refractivity contribution in [2.24, 2.45) is 0 Å². The minimum absolute atomic E-state index is 0.196. The number of likely N-dealkylation sites (N-methyl/N-ethyl adjacent to an activating group) is 1. The average molecular weight is 360 g/mol. The van der Waals surface area contributed by atoms with Crippen LogP contribution in [0, 0.1) is 12.7 Å². The third-order valence-corrected chi connectivity index (χ3v) is 4.05. The molecule has 2 rings (SSSR count). The fourth-order valence-electron chi connectivity index (χ4n) is 2.50. The first-order valence-corrected chi connectivity index (χ1v) is 8.45. The largest absolute Gasteiger partial charge is 0.496 e. The number of carbonyl (C=O) groups is 1. The topological polar surface area (TPSA) is 50.8 Å². The molecule has 0 spiro atoms. The van der Waals surface area contributed by atoms with Gasteiger partial charge in [-0.1, -0.05) is 17.7 Å². The van der Waals surface area contributed by atoms with Gasteiger partial charge in [0.1, 0.15) is 23.9 Å². The van der Waals surface area contributed by atoms with Crippen LogP contribution in [0.15, 0.2) is 42.5 Å². The van der Waals surface area contributed by atoms with Gasteiger partial charge in [-0.3, -0.25) is 0 Å². The van der Waals surface area contributed by atoms with E-state index in [4.69, 9.17) is 9.47 Å². The number of nitrogens with zero attached hydrogens (tertiary/aromatic N) is 1. The van der Waals surface area contributed by atoms with E-state index < -0.39 is 0 Å². The molecule has 1 unspecified atom stereocenters. The van der Waals surface area contributed by atoms with E-state index >= 15 is 0 Å². The van der Waals surface area contributed by atoms with Crippen molar-refractivity contribution in [3.63, 3.8) is 0 Å². The number of rotatable bonds is 7. The lowest BCUT2D eigenvalue weighted by Crippen LogP contribution is -2.40. The Kier molecular flexibility index (Phi) is 6.83. The number of carbonyl (C=O) groups excluding carboxylic acids is 1. The second-order valence-electron chi connectivity index (χ2n) is 6.14. The van der Waals surface area contributed by atoms with Gasteiger partial charge in [-0.25, -0.2) is 9.18 Å². The summed E-state index contributed by atoms with van der Waals surface area (Å²) in [6, 6.07) is 11.3. The molecule has 6 heteroatoms. The molecule has 0 radical (unpaired) electrons. The molecule has 5 nitrogen and oxygen atoms in total. The molecule has 2 aromatic carbocycles. The van der Waals surface area contributed by atoms with E-state index in [1.807, 2.05) is 32.0 Å². The lowest BCUT2D eigenvalue weighted by Gasteiger charge is -2.23. The van der Waals surface area contributed by atoms with Gasteiger partial charge in [0.2, 0.25) is 0 Å². The second-order valence-corrected chi connectivity index (χ2v) is 6.14. The van der Waals surface area contributed by atoms with Crippen LogP contribution in [0.5, 0.6) is 11.5 Å². The summed E-state index contributed by atoms with van der Waals surface area (Å²) in [6.45, 7) is 4.63. The zero-order chi connectivity index (χ0) is 19.1. The summed E-state index contributed by atoms with van der Waals surface area (Å²) >= 11 is 0. The van der Waals surface area contributed by atoms with Crippen LogP contribution in [0.1, 0.15) is 24.1 Å². The van der Waals surface area contributed by atoms with Crippen molar-refractivity contribution in [3.8, 4) is 11.5 Å². The highest BCUT2D eigenvalue weighted by atomic mass is 19.1. The van der Waals surface area contributed by atoms with E-state index in [-0.39, 0.29) is 17.9 Å². The quantitative estimate of drug-likeness (QED) is 0.814. The van der Waals surface area contributed by atoms with E-state index in [1.165, 1.54) is 12.1 Å². The molecule has 140 valence electrons. The SMILES string of the molecule is COc1ccc(C)cc1C(C)NC(=O)N(C)CCOc1ccc(F)cc1. The van der Waals surface area contributed by atoms with Crippen molar-refractivity contribution in [3.05, 3.63) is 59.4 Å². The first-order chi connectivity index (χ1) is 12.4. The van der Waals surface area contributed by atoms with E-state index in [0.717, 1.165) is 16.9 Å². The number of benzene rings is 2. The molecule has 0 heterocycles. The molecule has 1 N–H and O–H groups in total. The summed E-state index contributed by atoms with van der Waals surface area (Å²) < 4.78 is 23.7. The lowest BCUT2D eigenvalue weighted by molar-refractivity contribution is 0.192. The third-order valence-electron chi connectivity index (χ3n) is 4.05. The van der Waals surface area contributed by atoms with Crippen molar-refractivity contribution >= 4 is 6.03 Å². The molecule has 0 aromatic heterocycles. The highest BCUT2D eigenvalue weighted by Crippen LogP contribution is 2.26. The van der Waals surface area contributed by atoms with Gasteiger partial charge >= 0.3 is 6.03 Å². The van der Waals surface area contributed by atoms with Crippen LogP contribution >= 0.6 is 0 Å². The van der Waals surface area contributed by atoms with Gasteiger partial charge in [0, 0.05) is 12.6 Å². The molecular formula is C20H25FN2O3. The van der Waals surface area contributed by atoms with Crippen LogP contribution in [0.4, 0.5) is 9.18 Å². The summed E-state index contributed by atoms with van der Waals surface area (Å²) in [6.07, 6.45) is 0. The first-order valence-electron chi connectivity index (χ1n) is 8.45. The van der Waals surface area contributed by atoms with Gasteiger partial charge in [0.25, 0.3) is 0 Å². The first kappa shape index (κ1) is 19.6. The van der Waals surface area contributed by atoms with Gasteiger partial charge in [0.15, 0.2) is 0 Å². The molecule has 0 aliphatic carbocycles. The molecule has 0 aliphatic rings. The molecule has 0 aliphatic heterocycles. The van der Waals surface area contributed by atoms with Gasteiger partial charge in [-0.2, -0.15) is 0 Å². The van der Waals surface area contributed by atoms with Crippen molar-refractivity contribution in [1.82, 2.24) is 10.2 Å². The molecule has 0 fully saturated rings. The predicted octanol–water partition coefficient (Wildman–Crippen LogP) is 3.92. The molecule has 1 atom stereocenters. The number of aryl methyl sites for hydroxylation is 1. The maximum absolute atomic E-state index is 12.9. The van der Waals surface area contributed by atoms with Gasteiger partial charge in [-0.15, -0.1) is 0 Å². The van der Waals surface area contributed by atoms with Crippen molar-refractivity contribution in [2.45, 2.75) is 19.9 Å². The normalized spacial score (nSPS) is 11.6. The Labute approximate surface area is 153 Å². The summed E-state index contributed by atoms with van der Waals surface area (Å²) in [5.74, 6) is 0.998. The molecule has 26 heavy (non-hydrogen) atoms. The van der Waals surface area contributed by atoms with Crippen LogP contribution in [0.25, 0.3) is 0 Å². The Bertz CT molecular complexity index is 734. The number of urea groups is 1. The van der Waals surface area contributed by atoms with E-state index in [9.17, 15) is 9.18 Å². The minimum atomic E-state index is -0.311. The Balaban J connectivity index is 1.86. The Morgan fingerprint density at radius 3 is 2.58 bits per heavy atom. The molecule has 0 bridgehead atoms. The maximum Gasteiger partial charge on any atom is 0.317 e. The number of amides is 2. The fraction of sp³-hybridized carbons (Fsp3) is 0.350. The Morgan fingerprint density at radius 2 is 1.92 bits per heavy atom. The molecule has 2 amide bonds. The third kappa shape index (κ3) is 5.37. The van der Waals surface area contributed by atoms with Crippen LogP contribution in [0.2, 0.25) is 0 Å². The Morgan fingerprint density at radius 1 is 1.23 bits per heavy atom. The maximum atomic E-state index is 12.9. The van der Waals surface area contributed by atoms with Gasteiger partial charge in [-0.05, 0) is 44.2 Å². The van der Waals surface area contributed by atoms with E-state index in [1.54, 1.807) is 31.2 Å². The van der Waals surface area contributed by atoms with Gasteiger partial charge in [0.05, 0.1) is 19.7 Å². The standard InChI is InChI=1S/C20H25FN2O3/c1-14-5-10-19(25-4)18(13-14)15(2)22-20(24)23(3)11-12-26-17-8-6-16(21)7-9-17/h5-10,13,15H,11-12H2,1-4H3,(H,22,24). The minimum Gasteiger partial charge on any atom is -0.496 e. The molecule has 0 saturated carbocycles. The monoisotopic (exact) mass is 360 g/mol. The van der Waals surface area contributed by atoms with E-state index in [2.05, 4.69) is 5.32 Å². The zero-order valence-corrected chi connectivity index (χ0v) is 15.6. The summed E-state index contributed by atoms with van der Waals surface area (Å²) in [4.78, 5) is 13.9. The fourth-order valence-corrected chi connectivity index (χ4v) is 2.50. The van der Waals surface area contributed by atoms with Crippen molar-refractivity contribution in [1.29, 1.82) is 0 Å². The summed E-state index contributed by atoms with van der Waals surface area (Å²) in [5.41, 5.74) is 2.03. The summed E-state index contributed by atoms with van der Waals surface area (Å²) in [5, 5.41) is 2.96. The van der Waals surface area contributed by atoms with Crippen LogP contribution < -0.4 is 14.8 Å². The smallest absolute Gasteiger partial charge is 0.317 e. The Hall–Kier alpha value is -2.76. The van der Waals surface area contributed by atoms with Crippen LogP contribution in [0.3, 0.4) is 0 Å². The van der Waals surface area contributed by atoms with Crippen molar-refractivity contribution < 1.29 is 18.7 Å². The molecule has 2 aromatic rings. The van der Waals surface area contributed by atoms with Crippen LogP contribution in [-0.2, 0) is 0 Å². The zero-order valence-electron chi connectivity index (χ0n) is 15.6. The van der Waals surface area contributed by atoms with Crippen molar-refractivity contribution in [2.75, 3.05) is 27.3 Å². The highest BCUT2D eigenvalue weighted by Gasteiger charge is 2.16. The van der Waals surface area contributed by atoms with Crippen LogP contribution in [-0.4, -0.2) is 38.2 Å². The average Bonchev–Trinajstić information content (AvgIpc) is 2.63. The molecular weight excluding hydrogens is 335 g/mol. The number of nitrogens with one attached hydrogen (secondary N) is 1. The predicted molar refractivity (Wildman–Crippen MR) is 99.2 cm³/mol. The number of halogens is 1. The highest BCUT2D eigenvalue weighted by molar-refractivity contribution is 5.74. The lowest BCUT2D eigenvalue weighted by atomic mass is 10.0. The number of ether oxygens (including phenoxy) is 2. The second kappa shape index (κ2) is 9.08. The molecule has 0 saturated heterocycles. The van der Waals surface area contributed by atoms with E-state index in [0.29, 0.717) is 18.9 Å². The number of hydrogen-bond acceptors (Lipinski definition) is 3. The number of methoxy groups -OCH3 is 1. The number of hydrogen-bond donors (Lipinski definition) is 1. The van der Waals surface area contributed by atoms with Gasteiger partial charge < -0.3 is 19.7 Å². The summed E-state index contributed by atoms with van der Waals surface area (Å²) in [7, 11) is 3.31.